The van der Waals surface area contributed by atoms with E-state index in [0.717, 1.165) is 5.92 Å². The van der Waals surface area contributed by atoms with Crippen LogP contribution >= 0.6 is 0 Å². The normalized spacial score (nSPS) is 25.1. The summed E-state index contributed by atoms with van der Waals surface area (Å²) in [6.07, 6.45) is 17.0. The molecule has 0 spiro atoms. The predicted molar refractivity (Wildman–Crippen MR) is 72.5 cm³/mol. The minimum atomic E-state index is 0.527. The Balaban J connectivity index is 1.78. The Labute approximate surface area is 102 Å². The quantitative estimate of drug-likeness (QED) is 0.568. The second-order valence-corrected chi connectivity index (χ2v) is 5.70. The van der Waals surface area contributed by atoms with Crippen molar-refractivity contribution in [2.75, 3.05) is 0 Å². The largest absolute Gasteiger partial charge is 0.328 e. The molecule has 0 amide bonds. The van der Waals surface area contributed by atoms with Crippen molar-refractivity contribution in [2.45, 2.75) is 90.0 Å². The van der Waals surface area contributed by atoms with Crippen LogP contribution in [0.2, 0.25) is 0 Å². The van der Waals surface area contributed by atoms with Crippen LogP contribution in [-0.2, 0) is 0 Å². The van der Waals surface area contributed by atoms with Crippen LogP contribution in [0.1, 0.15) is 84.0 Å². The van der Waals surface area contributed by atoms with Gasteiger partial charge in [0, 0.05) is 6.04 Å². The third-order valence-electron chi connectivity index (χ3n) is 4.05. The van der Waals surface area contributed by atoms with Gasteiger partial charge in [-0.3, -0.25) is 0 Å². The summed E-state index contributed by atoms with van der Waals surface area (Å²) in [6, 6.07) is 0.527. The molecule has 0 aromatic carbocycles. The van der Waals surface area contributed by atoms with Gasteiger partial charge in [0.1, 0.15) is 0 Å². The molecule has 96 valence electrons. The van der Waals surface area contributed by atoms with Gasteiger partial charge in [-0.15, -0.1) is 0 Å². The SMILES string of the molecule is CCCCCCCCCCC1CCC(N)C1. The first-order valence-corrected chi connectivity index (χ1v) is 7.58. The number of hydrogen-bond acceptors (Lipinski definition) is 1. The molecule has 0 bridgehead atoms. The third kappa shape index (κ3) is 6.52. The van der Waals surface area contributed by atoms with Crippen molar-refractivity contribution in [2.24, 2.45) is 11.7 Å². The summed E-state index contributed by atoms with van der Waals surface area (Å²) in [5, 5.41) is 0. The van der Waals surface area contributed by atoms with E-state index in [4.69, 9.17) is 5.73 Å². The molecule has 0 aliphatic heterocycles. The molecular formula is C15H31N. The fourth-order valence-corrected chi connectivity index (χ4v) is 2.94. The van der Waals surface area contributed by atoms with Crippen LogP contribution in [-0.4, -0.2) is 6.04 Å². The summed E-state index contributed by atoms with van der Waals surface area (Å²) in [7, 11) is 0. The molecule has 1 rings (SSSR count). The Morgan fingerprint density at radius 2 is 1.50 bits per heavy atom. The highest BCUT2D eigenvalue weighted by molar-refractivity contribution is 4.77. The molecule has 0 heterocycles. The van der Waals surface area contributed by atoms with E-state index in [1.165, 1.54) is 77.0 Å². The van der Waals surface area contributed by atoms with E-state index in [2.05, 4.69) is 6.92 Å². The smallest absolute Gasteiger partial charge is 0.00415 e. The maximum absolute atomic E-state index is 5.92. The molecule has 2 N–H and O–H groups in total. The summed E-state index contributed by atoms with van der Waals surface area (Å²) in [5.41, 5.74) is 5.92. The number of unbranched alkanes of at least 4 members (excludes halogenated alkanes) is 7. The maximum atomic E-state index is 5.92. The van der Waals surface area contributed by atoms with Gasteiger partial charge in [-0.1, -0.05) is 64.7 Å². The van der Waals surface area contributed by atoms with Crippen LogP contribution in [0.4, 0.5) is 0 Å². The molecule has 1 aliphatic rings. The molecule has 1 saturated carbocycles. The van der Waals surface area contributed by atoms with Gasteiger partial charge in [-0.2, -0.15) is 0 Å². The molecule has 16 heavy (non-hydrogen) atoms. The van der Waals surface area contributed by atoms with E-state index >= 15 is 0 Å². The highest BCUT2D eigenvalue weighted by Gasteiger charge is 2.20. The molecule has 0 radical (unpaired) electrons. The summed E-state index contributed by atoms with van der Waals surface area (Å²) in [6.45, 7) is 2.28. The molecule has 1 fully saturated rings. The van der Waals surface area contributed by atoms with E-state index < -0.39 is 0 Å². The second-order valence-electron chi connectivity index (χ2n) is 5.70. The number of nitrogens with two attached hydrogens (primary N) is 1. The zero-order valence-corrected chi connectivity index (χ0v) is 11.2. The molecule has 0 aromatic rings. The van der Waals surface area contributed by atoms with E-state index in [-0.39, 0.29) is 0 Å². The monoisotopic (exact) mass is 225 g/mol. The summed E-state index contributed by atoms with van der Waals surface area (Å²) < 4.78 is 0. The van der Waals surface area contributed by atoms with Gasteiger partial charge < -0.3 is 5.73 Å². The lowest BCUT2D eigenvalue weighted by molar-refractivity contribution is 0.455. The molecule has 2 unspecified atom stereocenters. The first-order valence-electron chi connectivity index (χ1n) is 7.58. The van der Waals surface area contributed by atoms with Gasteiger partial charge in [-0.05, 0) is 25.2 Å². The Morgan fingerprint density at radius 1 is 0.875 bits per heavy atom. The Bertz CT molecular complexity index is 156. The second kappa shape index (κ2) is 9.04. The van der Waals surface area contributed by atoms with Crippen molar-refractivity contribution in [1.82, 2.24) is 0 Å². The van der Waals surface area contributed by atoms with Gasteiger partial charge >= 0.3 is 0 Å². The van der Waals surface area contributed by atoms with Crippen LogP contribution in [0, 0.1) is 5.92 Å². The minimum Gasteiger partial charge on any atom is -0.328 e. The Kier molecular flexibility index (Phi) is 7.92. The van der Waals surface area contributed by atoms with Crippen LogP contribution < -0.4 is 5.73 Å². The zero-order valence-electron chi connectivity index (χ0n) is 11.2. The van der Waals surface area contributed by atoms with Gasteiger partial charge in [0.2, 0.25) is 0 Å². The third-order valence-corrected chi connectivity index (χ3v) is 4.05. The molecule has 0 saturated heterocycles. The lowest BCUT2D eigenvalue weighted by Crippen LogP contribution is -2.14. The fourth-order valence-electron chi connectivity index (χ4n) is 2.94. The van der Waals surface area contributed by atoms with Crippen molar-refractivity contribution >= 4 is 0 Å². The summed E-state index contributed by atoms with van der Waals surface area (Å²) in [5.74, 6) is 0.968. The van der Waals surface area contributed by atoms with Gasteiger partial charge in [0.15, 0.2) is 0 Å². The van der Waals surface area contributed by atoms with Crippen LogP contribution in [0.25, 0.3) is 0 Å². The van der Waals surface area contributed by atoms with Crippen molar-refractivity contribution < 1.29 is 0 Å². The van der Waals surface area contributed by atoms with Crippen molar-refractivity contribution in [3.63, 3.8) is 0 Å². The van der Waals surface area contributed by atoms with Crippen LogP contribution in [0.3, 0.4) is 0 Å². The first-order chi connectivity index (χ1) is 7.83. The minimum absolute atomic E-state index is 0.527. The molecule has 1 heteroatoms. The first kappa shape index (κ1) is 14.0. The van der Waals surface area contributed by atoms with Crippen molar-refractivity contribution in [3.8, 4) is 0 Å². The predicted octanol–water partition coefficient (Wildman–Crippen LogP) is 4.64. The van der Waals surface area contributed by atoms with E-state index in [9.17, 15) is 0 Å². The topological polar surface area (TPSA) is 26.0 Å². The summed E-state index contributed by atoms with van der Waals surface area (Å²) >= 11 is 0. The van der Waals surface area contributed by atoms with E-state index in [1.807, 2.05) is 0 Å². The number of rotatable bonds is 9. The van der Waals surface area contributed by atoms with Crippen molar-refractivity contribution in [3.05, 3.63) is 0 Å². The molecule has 1 nitrogen and oxygen atoms in total. The summed E-state index contributed by atoms with van der Waals surface area (Å²) in [4.78, 5) is 0. The van der Waals surface area contributed by atoms with Crippen LogP contribution in [0.5, 0.6) is 0 Å². The molecule has 1 aliphatic carbocycles. The van der Waals surface area contributed by atoms with Gasteiger partial charge in [-0.25, -0.2) is 0 Å². The highest BCUT2D eigenvalue weighted by Crippen LogP contribution is 2.28. The fraction of sp³-hybridized carbons (Fsp3) is 1.00. The average Bonchev–Trinajstić information content (AvgIpc) is 2.68. The number of hydrogen-bond donors (Lipinski definition) is 1. The Morgan fingerprint density at radius 3 is 2.06 bits per heavy atom. The van der Waals surface area contributed by atoms with Gasteiger partial charge in [0.05, 0.1) is 0 Å². The lowest BCUT2D eigenvalue weighted by atomic mass is 9.98. The highest BCUT2D eigenvalue weighted by atomic mass is 14.6. The average molecular weight is 225 g/mol. The molecule has 2 atom stereocenters. The van der Waals surface area contributed by atoms with Gasteiger partial charge in [0.25, 0.3) is 0 Å². The van der Waals surface area contributed by atoms with Crippen molar-refractivity contribution in [1.29, 1.82) is 0 Å². The zero-order chi connectivity index (χ0) is 11.6. The van der Waals surface area contributed by atoms with Crippen LogP contribution in [0.15, 0.2) is 0 Å². The molecule has 0 aromatic heterocycles. The molecular weight excluding hydrogens is 194 g/mol. The van der Waals surface area contributed by atoms with E-state index in [0.29, 0.717) is 6.04 Å². The lowest BCUT2D eigenvalue weighted by Gasteiger charge is -2.08. The standard InChI is InChI=1S/C15H31N/c1-2-3-4-5-6-7-8-9-10-14-11-12-15(16)13-14/h14-15H,2-13,16H2,1H3. The maximum Gasteiger partial charge on any atom is 0.00415 e. The van der Waals surface area contributed by atoms with E-state index in [1.54, 1.807) is 0 Å². The Hall–Kier alpha value is -0.0400.